The van der Waals surface area contributed by atoms with Gasteiger partial charge >= 0.3 is 5.97 Å². The van der Waals surface area contributed by atoms with Gasteiger partial charge in [-0.2, -0.15) is 0 Å². The highest BCUT2D eigenvalue weighted by molar-refractivity contribution is 6.45. The summed E-state index contributed by atoms with van der Waals surface area (Å²) in [5.74, 6) is -3.35. The van der Waals surface area contributed by atoms with Crippen molar-refractivity contribution in [3.8, 4) is 28.7 Å². The van der Waals surface area contributed by atoms with Crippen LogP contribution in [0.3, 0.4) is 0 Å². The summed E-state index contributed by atoms with van der Waals surface area (Å²) in [7, 11) is 0. The van der Waals surface area contributed by atoms with Gasteiger partial charge in [-0.25, -0.2) is 4.79 Å². The van der Waals surface area contributed by atoms with E-state index in [1.54, 1.807) is 97.1 Å². The highest BCUT2D eigenvalue weighted by Gasteiger charge is 2.43. The van der Waals surface area contributed by atoms with Crippen molar-refractivity contribution in [3.05, 3.63) is 254 Å². The lowest BCUT2D eigenvalue weighted by Gasteiger charge is -2.31. The zero-order valence-corrected chi connectivity index (χ0v) is 69.0. The first-order valence-corrected chi connectivity index (χ1v) is 42.6. The van der Waals surface area contributed by atoms with Crippen LogP contribution in [0, 0.1) is 0 Å². The predicted molar refractivity (Wildman–Crippen MR) is 478 cm³/mol. The van der Waals surface area contributed by atoms with E-state index >= 15 is 4.79 Å². The maximum atomic E-state index is 15.2. The SMILES string of the molecule is CCCCOC(=O)c1ccc2c3c(Oc4ccc(CCN5C(=O)c6ccc7c8ccc9c%10c(ccc(c%11ccc(c6c7%11)C5=O)c%108)C(=O)N(C(C)C)C9=O)cc4)cc4c5c(ccc(c6c(Oc7ccc(CCN8C(=O)c9ccc%10c%11ccc%12c%13c(ccc(c%14ccc(c9c%10%14)C8=O)c%13%11)C(=O)N(C(C)C)C%12=O)cc7)cc(OCCCC)c1c26)c53)C(=O)N(CCCO)C4=O. The van der Waals surface area contributed by atoms with E-state index in [0.717, 1.165) is 93.5 Å². The molecular formula is C104H77N5O16. The van der Waals surface area contributed by atoms with Crippen LogP contribution in [-0.2, 0) is 17.6 Å². The highest BCUT2D eigenvalue weighted by Crippen LogP contribution is 2.56. The highest BCUT2D eigenvalue weighted by atomic mass is 16.5. The van der Waals surface area contributed by atoms with Crippen molar-refractivity contribution in [1.29, 1.82) is 0 Å². The number of imide groups is 5. The molecule has 21 nitrogen and oxygen atoms in total. The monoisotopic (exact) mass is 1650 g/mol. The third-order valence-corrected chi connectivity index (χ3v) is 26.3. The summed E-state index contributed by atoms with van der Waals surface area (Å²) < 4.78 is 27.1. The molecule has 1 N–H and O–H groups in total. The van der Waals surface area contributed by atoms with Crippen LogP contribution in [0.2, 0.25) is 0 Å². The van der Waals surface area contributed by atoms with Gasteiger partial charge in [0.05, 0.1) is 24.3 Å². The average Bonchev–Trinajstić information content (AvgIpc) is 0.680. The van der Waals surface area contributed by atoms with Crippen molar-refractivity contribution in [2.75, 3.05) is 39.5 Å². The van der Waals surface area contributed by atoms with Crippen LogP contribution in [0.1, 0.15) is 199 Å². The summed E-state index contributed by atoms with van der Waals surface area (Å²) >= 11 is 0. The van der Waals surface area contributed by atoms with Gasteiger partial charge in [-0.3, -0.25) is 72.4 Å². The number of unbranched alkanes of at least 4 members (excludes halogenated alkanes) is 2. The number of hydrogen-bond donors (Lipinski definition) is 1. The van der Waals surface area contributed by atoms with Crippen molar-refractivity contribution in [2.45, 2.75) is 98.6 Å². The number of amides is 10. The Morgan fingerprint density at radius 3 is 0.976 bits per heavy atom. The maximum absolute atomic E-state index is 15.2. The van der Waals surface area contributed by atoms with Gasteiger partial charge < -0.3 is 24.1 Å². The lowest BCUT2D eigenvalue weighted by molar-refractivity contribution is 0.0497. The molecule has 614 valence electrons. The number of aliphatic hydroxyl groups excluding tert-OH is 1. The van der Waals surface area contributed by atoms with Gasteiger partial charge in [0.15, 0.2) is 0 Å². The average molecular weight is 1650 g/mol. The van der Waals surface area contributed by atoms with Crippen LogP contribution in [0.4, 0.5) is 0 Å². The largest absolute Gasteiger partial charge is 0.493 e. The van der Waals surface area contributed by atoms with E-state index in [0.29, 0.717) is 145 Å². The van der Waals surface area contributed by atoms with Gasteiger partial charge in [-0.15, -0.1) is 0 Å². The molecule has 0 atom stereocenters. The van der Waals surface area contributed by atoms with Gasteiger partial charge in [0.2, 0.25) is 0 Å². The second-order valence-electron chi connectivity index (χ2n) is 33.8. The Morgan fingerprint density at radius 1 is 0.304 bits per heavy atom. The van der Waals surface area contributed by atoms with Gasteiger partial charge in [-0.1, -0.05) is 112 Å². The first kappa shape index (κ1) is 76.3. The van der Waals surface area contributed by atoms with Crippen molar-refractivity contribution in [3.63, 3.8) is 0 Å². The molecule has 10 amide bonds. The Kier molecular flexibility index (Phi) is 17.3. The minimum atomic E-state index is -0.601. The molecule has 17 aromatic carbocycles. The van der Waals surface area contributed by atoms with Crippen LogP contribution in [0.25, 0.3) is 129 Å². The van der Waals surface area contributed by atoms with E-state index in [4.69, 9.17) is 18.9 Å². The standard InChI is InChI=1S/C104H77N5O16/c1-7-9-46-122-77-49-79(125-55-18-14-53(15-19-55)41-44-107-97(114)68-32-22-58-62-26-36-73-87-74(103(120)109(51(5)6)102(73)119)37-27-63(83(62)87)59-23-33-69(98(107)115)85(68)81(58)59)90-64-28-38-70-88-76(99(116)105(94(70)111)42-11-45-110)48-78(89(92(64)88)65-29-39-75(91(77)93(65)90)104(121)123-47-10-8-2)124-54-16-12-52(13-17-54)40-43-106-95(112)66-30-20-56-60-24-34-71-86-72(101(118)108(50(3)4)100(71)117)35-25-61(82(60)86)57-21-31-67(96(106)113)84(66)80(56)57/h12-39,48-51,110H,7-11,40-47H2,1-6H3. The Labute approximate surface area is 712 Å². The quantitative estimate of drug-likeness (QED) is 0.0205. The number of hydrogen-bond acceptors (Lipinski definition) is 16. The molecule has 0 bridgehead atoms. The van der Waals surface area contributed by atoms with Gasteiger partial charge in [0, 0.05) is 148 Å². The van der Waals surface area contributed by atoms with E-state index in [2.05, 4.69) is 0 Å². The molecule has 0 aliphatic carbocycles. The molecule has 17 aromatic rings. The molecular weight excluding hydrogens is 1580 g/mol. The summed E-state index contributed by atoms with van der Waals surface area (Å²) in [5.41, 5.74) is 5.45. The van der Waals surface area contributed by atoms with Gasteiger partial charge in [-0.05, 0) is 237 Å². The zero-order chi connectivity index (χ0) is 85.9. The zero-order valence-electron chi connectivity index (χ0n) is 69.0. The fourth-order valence-electron chi connectivity index (χ4n) is 20.5. The molecule has 5 aliphatic rings. The molecule has 5 heterocycles. The van der Waals surface area contributed by atoms with Crippen LogP contribution in [-0.4, -0.2) is 146 Å². The lowest BCUT2D eigenvalue weighted by Crippen LogP contribution is -2.44. The van der Waals surface area contributed by atoms with E-state index in [9.17, 15) is 53.1 Å². The van der Waals surface area contributed by atoms with Crippen molar-refractivity contribution in [2.24, 2.45) is 0 Å². The molecule has 0 aromatic heterocycles. The fourth-order valence-corrected chi connectivity index (χ4v) is 20.5. The Morgan fingerprint density at radius 2 is 0.616 bits per heavy atom. The molecule has 0 saturated heterocycles. The number of benzene rings is 17. The van der Waals surface area contributed by atoms with E-state index in [-0.39, 0.29) is 117 Å². The van der Waals surface area contributed by atoms with E-state index in [1.807, 2.05) is 126 Å². The molecule has 21 heteroatoms. The van der Waals surface area contributed by atoms with E-state index in [1.165, 1.54) is 19.6 Å². The molecule has 0 saturated carbocycles. The smallest absolute Gasteiger partial charge is 0.338 e. The first-order valence-electron chi connectivity index (χ1n) is 42.6. The molecule has 125 heavy (non-hydrogen) atoms. The number of fused-ring (bicyclic) bond motifs is 6. The molecule has 0 unspecified atom stereocenters. The number of carbonyl (C=O) groups excluding carboxylic acids is 11. The minimum absolute atomic E-state index is 0.0269. The molecule has 5 aliphatic heterocycles. The topological polar surface area (TPSA) is 261 Å². The minimum Gasteiger partial charge on any atom is -0.493 e. The molecule has 22 rings (SSSR count). The van der Waals surface area contributed by atoms with Gasteiger partial charge in [0.1, 0.15) is 28.7 Å². The Balaban J connectivity index is 0.596. The summed E-state index contributed by atoms with van der Waals surface area (Å²) in [6, 6.07) is 53.5. The Hall–Kier alpha value is -14.8. The van der Waals surface area contributed by atoms with Crippen molar-refractivity contribution < 1.29 is 76.8 Å². The van der Waals surface area contributed by atoms with Crippen LogP contribution in [0.5, 0.6) is 28.7 Å². The number of aliphatic hydroxyl groups is 1. The normalized spacial score (nSPS) is 14.7. The number of esters is 1. The number of rotatable bonds is 23. The first-order chi connectivity index (χ1) is 60.7. The second kappa shape index (κ2) is 28.4. The second-order valence-corrected chi connectivity index (χ2v) is 33.8. The fraction of sp³-hybridized carbons (Fsp3) is 0.202. The third-order valence-electron chi connectivity index (χ3n) is 26.3. The van der Waals surface area contributed by atoms with Crippen molar-refractivity contribution in [1.82, 2.24) is 24.5 Å². The molecule has 0 spiro atoms. The molecule has 0 fully saturated rings. The van der Waals surface area contributed by atoms with Gasteiger partial charge in [0.25, 0.3) is 59.1 Å². The van der Waals surface area contributed by atoms with Crippen LogP contribution >= 0.6 is 0 Å². The number of nitrogens with zero attached hydrogens (tertiary/aromatic N) is 5. The molecule has 0 radical (unpaired) electrons. The summed E-state index contributed by atoms with van der Waals surface area (Å²) in [6.07, 6.45) is 3.49. The van der Waals surface area contributed by atoms with Crippen LogP contribution < -0.4 is 14.2 Å². The number of ether oxygens (including phenoxy) is 4. The third kappa shape index (κ3) is 10.9. The Bertz CT molecular complexity index is 7600. The summed E-state index contributed by atoms with van der Waals surface area (Å²) in [5, 5.41) is 25.7. The number of carbonyl (C=O) groups is 11. The maximum Gasteiger partial charge on any atom is 0.338 e. The lowest BCUT2D eigenvalue weighted by atomic mass is 9.82. The summed E-state index contributed by atoms with van der Waals surface area (Å²) in [4.78, 5) is 166. The predicted octanol–water partition coefficient (Wildman–Crippen LogP) is 20.2. The van der Waals surface area contributed by atoms with Crippen molar-refractivity contribution >= 4 is 194 Å². The van der Waals surface area contributed by atoms with Crippen LogP contribution in [0.15, 0.2) is 182 Å². The summed E-state index contributed by atoms with van der Waals surface area (Å²) in [6.45, 7) is 11.4. The van der Waals surface area contributed by atoms with E-state index < -0.39 is 41.4 Å².